The van der Waals surface area contributed by atoms with Crippen molar-refractivity contribution < 1.29 is 14.6 Å². The predicted octanol–water partition coefficient (Wildman–Crippen LogP) is 2.50. The second-order valence-electron chi connectivity index (χ2n) is 4.50. The normalized spacial score (nSPS) is 11.5. The molecule has 21 heavy (non-hydrogen) atoms. The van der Waals surface area contributed by atoms with Crippen molar-refractivity contribution in [2.75, 3.05) is 0 Å². The van der Waals surface area contributed by atoms with Gasteiger partial charge in [-0.25, -0.2) is 0 Å². The number of rotatable bonds is 4. The average molecular weight is 282 g/mol. The van der Waals surface area contributed by atoms with Crippen LogP contribution in [0.5, 0.6) is 11.5 Å². The van der Waals surface area contributed by atoms with Crippen molar-refractivity contribution in [1.29, 1.82) is 5.26 Å². The van der Waals surface area contributed by atoms with Crippen molar-refractivity contribution in [2.45, 2.75) is 13.0 Å². The molecular formula is C16H14N2O3. The Morgan fingerprint density at radius 2 is 2.00 bits per heavy atom. The topological polar surface area (TPSA) is 96.3 Å². The van der Waals surface area contributed by atoms with E-state index >= 15 is 0 Å². The van der Waals surface area contributed by atoms with Crippen LogP contribution in [0, 0.1) is 11.3 Å². The molecule has 0 radical (unpaired) electrons. The minimum atomic E-state index is -0.770. The highest BCUT2D eigenvalue weighted by Crippen LogP contribution is 2.32. The van der Waals surface area contributed by atoms with E-state index in [4.69, 9.17) is 15.7 Å². The smallest absolute Gasteiger partial charge is 0.252 e. The number of nitriles is 1. The molecular weight excluding hydrogens is 268 g/mol. The van der Waals surface area contributed by atoms with Crippen LogP contribution in [0.15, 0.2) is 42.5 Å². The van der Waals surface area contributed by atoms with Gasteiger partial charge in [-0.15, -0.1) is 0 Å². The molecule has 1 amide bonds. The maximum atomic E-state index is 11.4. The molecule has 0 fully saturated rings. The molecule has 0 saturated heterocycles. The Kier molecular flexibility index (Phi) is 4.21. The Morgan fingerprint density at radius 1 is 1.29 bits per heavy atom. The summed E-state index contributed by atoms with van der Waals surface area (Å²) in [5, 5.41) is 18.7. The molecule has 2 rings (SSSR count). The van der Waals surface area contributed by atoms with Gasteiger partial charge in [-0.1, -0.05) is 18.2 Å². The van der Waals surface area contributed by atoms with Crippen LogP contribution in [0.25, 0.3) is 0 Å². The molecule has 0 aliphatic heterocycles. The third-order valence-corrected chi connectivity index (χ3v) is 2.97. The van der Waals surface area contributed by atoms with E-state index in [1.807, 2.05) is 6.07 Å². The Labute approximate surface area is 122 Å². The van der Waals surface area contributed by atoms with Crippen molar-refractivity contribution in [1.82, 2.24) is 0 Å². The molecule has 1 atom stereocenters. The number of hydrogen-bond donors (Lipinski definition) is 2. The van der Waals surface area contributed by atoms with Crippen molar-refractivity contribution in [3.63, 3.8) is 0 Å². The zero-order valence-electron chi connectivity index (χ0n) is 11.4. The van der Waals surface area contributed by atoms with E-state index in [0.29, 0.717) is 16.9 Å². The van der Waals surface area contributed by atoms with Gasteiger partial charge in [0.1, 0.15) is 11.5 Å². The van der Waals surface area contributed by atoms with Crippen molar-refractivity contribution in [3.8, 4) is 17.6 Å². The summed E-state index contributed by atoms with van der Waals surface area (Å²) >= 11 is 0. The predicted molar refractivity (Wildman–Crippen MR) is 76.8 cm³/mol. The van der Waals surface area contributed by atoms with Gasteiger partial charge in [-0.2, -0.15) is 5.26 Å². The maximum absolute atomic E-state index is 11.4. The summed E-state index contributed by atoms with van der Waals surface area (Å²) in [5.41, 5.74) is 6.45. The lowest BCUT2D eigenvalue weighted by molar-refractivity contribution is 0.0998. The lowest BCUT2D eigenvalue weighted by Crippen LogP contribution is -2.12. The number of hydrogen-bond acceptors (Lipinski definition) is 4. The molecule has 0 heterocycles. The zero-order valence-corrected chi connectivity index (χ0v) is 11.4. The fourth-order valence-corrected chi connectivity index (χ4v) is 1.92. The molecule has 5 heteroatoms. The number of amides is 1. The Balaban J connectivity index is 2.48. The molecule has 0 aliphatic carbocycles. The molecule has 0 saturated carbocycles. The van der Waals surface area contributed by atoms with Gasteiger partial charge in [0.15, 0.2) is 0 Å². The van der Waals surface area contributed by atoms with Gasteiger partial charge in [0, 0.05) is 5.56 Å². The summed E-state index contributed by atoms with van der Waals surface area (Å²) < 4.78 is 5.69. The molecule has 0 aliphatic rings. The number of primary amides is 1. The lowest BCUT2D eigenvalue weighted by atomic mass is 10.1. The minimum Gasteiger partial charge on any atom is -0.456 e. The highest BCUT2D eigenvalue weighted by molar-refractivity contribution is 5.95. The molecule has 0 aromatic heterocycles. The van der Waals surface area contributed by atoms with Gasteiger partial charge in [0.25, 0.3) is 5.91 Å². The number of carbonyl (C=O) groups is 1. The number of ether oxygens (including phenoxy) is 1. The maximum Gasteiger partial charge on any atom is 0.252 e. The highest BCUT2D eigenvalue weighted by Gasteiger charge is 2.14. The van der Waals surface area contributed by atoms with E-state index in [1.165, 1.54) is 6.07 Å². The van der Waals surface area contributed by atoms with Gasteiger partial charge < -0.3 is 15.6 Å². The van der Waals surface area contributed by atoms with Crippen LogP contribution in [0.2, 0.25) is 0 Å². The van der Waals surface area contributed by atoms with Crippen LogP contribution in [-0.4, -0.2) is 11.0 Å². The first-order valence-electron chi connectivity index (χ1n) is 6.31. The molecule has 2 aromatic rings. The number of nitrogens with two attached hydrogens (primary N) is 1. The standard InChI is InChI=1S/C16H14N2O3/c1-10(19)12-7-6-11(9-17)8-15(12)21-14-5-3-2-4-13(14)16(18)20/h2-8,10,19H,1H3,(H2,18,20)/t10-/m0/s1. The lowest BCUT2D eigenvalue weighted by Gasteiger charge is -2.15. The van der Waals surface area contributed by atoms with Crippen LogP contribution >= 0.6 is 0 Å². The summed E-state index contributed by atoms with van der Waals surface area (Å²) in [6, 6.07) is 13.3. The van der Waals surface area contributed by atoms with E-state index < -0.39 is 12.0 Å². The zero-order chi connectivity index (χ0) is 15.4. The summed E-state index contributed by atoms with van der Waals surface area (Å²) in [6.07, 6.45) is -0.770. The van der Waals surface area contributed by atoms with Crippen LogP contribution < -0.4 is 10.5 Å². The highest BCUT2D eigenvalue weighted by atomic mass is 16.5. The van der Waals surface area contributed by atoms with Crippen molar-refractivity contribution in [2.24, 2.45) is 5.73 Å². The largest absolute Gasteiger partial charge is 0.456 e. The number of aliphatic hydroxyl groups is 1. The van der Waals surface area contributed by atoms with Crippen LogP contribution in [0.3, 0.4) is 0 Å². The summed E-state index contributed by atoms with van der Waals surface area (Å²) in [6.45, 7) is 1.59. The first kappa shape index (κ1) is 14.6. The molecule has 106 valence electrons. The van der Waals surface area contributed by atoms with E-state index in [-0.39, 0.29) is 11.3 Å². The van der Waals surface area contributed by atoms with Gasteiger partial charge in [-0.05, 0) is 31.2 Å². The van der Waals surface area contributed by atoms with E-state index in [2.05, 4.69) is 0 Å². The van der Waals surface area contributed by atoms with Crippen molar-refractivity contribution in [3.05, 3.63) is 59.2 Å². The van der Waals surface area contributed by atoms with Gasteiger partial charge >= 0.3 is 0 Å². The molecule has 0 spiro atoms. The number of carbonyl (C=O) groups excluding carboxylic acids is 1. The second-order valence-corrected chi connectivity index (χ2v) is 4.50. The fourth-order valence-electron chi connectivity index (χ4n) is 1.92. The number of nitrogens with zero attached hydrogens (tertiary/aromatic N) is 1. The Bertz CT molecular complexity index is 718. The number of para-hydroxylation sites is 1. The van der Waals surface area contributed by atoms with Crippen LogP contribution in [0.4, 0.5) is 0 Å². The minimum absolute atomic E-state index is 0.233. The van der Waals surface area contributed by atoms with E-state index in [9.17, 15) is 9.90 Å². The third-order valence-electron chi connectivity index (χ3n) is 2.97. The van der Waals surface area contributed by atoms with Crippen LogP contribution in [-0.2, 0) is 0 Å². The fraction of sp³-hybridized carbons (Fsp3) is 0.125. The molecule has 2 aromatic carbocycles. The molecule has 3 N–H and O–H groups in total. The quantitative estimate of drug-likeness (QED) is 0.900. The first-order chi connectivity index (χ1) is 10.0. The molecule has 0 unspecified atom stereocenters. The van der Waals surface area contributed by atoms with E-state index in [0.717, 1.165) is 0 Å². The number of benzene rings is 2. The number of aliphatic hydroxyl groups excluding tert-OH is 1. The van der Waals surface area contributed by atoms with E-state index in [1.54, 1.807) is 43.3 Å². The van der Waals surface area contributed by atoms with Gasteiger partial charge in [0.2, 0.25) is 0 Å². The average Bonchev–Trinajstić information content (AvgIpc) is 2.47. The Hall–Kier alpha value is -2.84. The summed E-state index contributed by atoms with van der Waals surface area (Å²) in [7, 11) is 0. The van der Waals surface area contributed by atoms with Crippen molar-refractivity contribution >= 4 is 5.91 Å². The first-order valence-corrected chi connectivity index (χ1v) is 6.31. The molecule has 0 bridgehead atoms. The molecule has 5 nitrogen and oxygen atoms in total. The summed E-state index contributed by atoms with van der Waals surface area (Å²) in [4.78, 5) is 11.4. The summed E-state index contributed by atoms with van der Waals surface area (Å²) in [5.74, 6) is -0.0135. The van der Waals surface area contributed by atoms with Gasteiger partial charge in [-0.3, -0.25) is 4.79 Å². The SMILES string of the molecule is C[C@H](O)c1ccc(C#N)cc1Oc1ccccc1C(N)=O. The Morgan fingerprint density at radius 3 is 2.62 bits per heavy atom. The van der Waals surface area contributed by atoms with Gasteiger partial charge in [0.05, 0.1) is 23.3 Å². The second kappa shape index (κ2) is 6.07. The monoisotopic (exact) mass is 282 g/mol. The van der Waals surface area contributed by atoms with Crippen LogP contribution in [0.1, 0.15) is 34.5 Å². The third kappa shape index (κ3) is 3.19.